The second-order valence-electron chi connectivity index (χ2n) is 8.08. The van der Waals surface area contributed by atoms with Crippen LogP contribution >= 0.6 is 11.6 Å². The molecule has 4 nitrogen and oxygen atoms in total. The molecule has 3 N–H and O–H groups in total. The Morgan fingerprint density at radius 3 is 1.71 bits per heavy atom. The van der Waals surface area contributed by atoms with Crippen LogP contribution in [-0.2, 0) is 34.5 Å². The van der Waals surface area contributed by atoms with Crippen LogP contribution in [0, 0.1) is 6.92 Å². The number of aryl methyl sites for hydroxylation is 1. The minimum atomic E-state index is -5.72. The predicted octanol–water partition coefficient (Wildman–Crippen LogP) is 6.33. The summed E-state index contributed by atoms with van der Waals surface area (Å²) < 4.78 is 63.1. The molecule has 0 aromatic heterocycles. The van der Waals surface area contributed by atoms with Crippen molar-refractivity contribution in [2.75, 3.05) is 0 Å². The Balaban J connectivity index is 0.000000468. The number of hydrogen-bond donors (Lipinski definition) is 2. The second-order valence-corrected chi connectivity index (χ2v) is 10.4. The summed E-state index contributed by atoms with van der Waals surface area (Å²) in [7, 11) is -5.72. The van der Waals surface area contributed by atoms with Crippen molar-refractivity contribution in [2.45, 2.75) is 43.2 Å². The third kappa shape index (κ3) is 8.40. The van der Waals surface area contributed by atoms with Gasteiger partial charge in [0.15, 0.2) is 5.00 Å². The van der Waals surface area contributed by atoms with Gasteiger partial charge in [0.2, 0.25) is 0 Å². The molecule has 3 aromatic carbocycles. The van der Waals surface area contributed by atoms with Gasteiger partial charge >= 0.3 is 15.5 Å². The molecule has 0 aliphatic rings. The molecule has 0 saturated heterocycles. The van der Waals surface area contributed by atoms with Gasteiger partial charge in [-0.05, 0) is 29.5 Å². The average molecular weight is 614 g/mol. The molecule has 35 heavy (non-hydrogen) atoms. The van der Waals surface area contributed by atoms with Crippen LogP contribution in [0.25, 0.3) is 0 Å². The average Bonchev–Trinajstić information content (AvgIpc) is 2.79. The van der Waals surface area contributed by atoms with Crippen LogP contribution in [0.15, 0.2) is 84.9 Å². The van der Waals surface area contributed by atoms with Crippen LogP contribution in [-0.4, -0.2) is 13.9 Å². The summed E-state index contributed by atoms with van der Waals surface area (Å²) in [5.41, 5.74) is 3.74. The zero-order valence-corrected chi connectivity index (χ0v) is 22.7. The zero-order chi connectivity index (χ0) is 25.6. The smallest absolute Gasteiger partial charge is 0.321 e. The number of rotatable bonds is 6. The van der Waals surface area contributed by atoms with Gasteiger partial charge in [0.25, 0.3) is 0 Å². The van der Waals surface area contributed by atoms with Gasteiger partial charge in [-0.2, -0.15) is 17.9 Å². The molecule has 3 aromatic rings. The van der Waals surface area contributed by atoms with E-state index in [0.29, 0.717) is 11.5 Å². The minimum absolute atomic E-state index is 0. The van der Waals surface area contributed by atoms with Crippen LogP contribution in [0.1, 0.15) is 48.1 Å². The second kappa shape index (κ2) is 13.0. The first-order chi connectivity index (χ1) is 15.8. The molecule has 0 aliphatic carbocycles. The molecule has 0 saturated carbocycles. The van der Waals surface area contributed by atoms with Crippen LogP contribution in [0.2, 0.25) is 0 Å². The van der Waals surface area contributed by atoms with Crippen LogP contribution < -0.4 is 10.5 Å². The van der Waals surface area contributed by atoms with Crippen LogP contribution in [0.3, 0.4) is 0 Å². The summed E-state index contributed by atoms with van der Waals surface area (Å²) in [6.07, 6.45) is 0. The Morgan fingerprint density at radius 2 is 1.29 bits per heavy atom. The fourth-order valence-corrected chi connectivity index (χ4v) is 4.39. The van der Waals surface area contributed by atoms with E-state index in [2.05, 4.69) is 45.0 Å². The standard InChI is InChI=1S/C15H14ClF3N2O2S.C10H14.Ru/c16-14(12-9-5-2-6-10-12,21-24(22,23)15(17,18)19)13(20)11-7-3-1-4-8-11;1-8(2)10-6-4-9(3)5-7-10;/h1-10,13,21H,20H2;4-8H,1-3H3;/t13-,14-;;/m1../s1. The number of nitrogens with one attached hydrogen (secondary N) is 1. The first-order valence-electron chi connectivity index (χ1n) is 10.5. The molecule has 0 bridgehead atoms. The summed E-state index contributed by atoms with van der Waals surface area (Å²) in [5.74, 6) is 0.653. The van der Waals surface area contributed by atoms with Crippen molar-refractivity contribution in [1.29, 1.82) is 0 Å². The zero-order valence-electron chi connectivity index (χ0n) is 19.4. The van der Waals surface area contributed by atoms with Gasteiger partial charge in [0, 0.05) is 19.5 Å². The minimum Gasteiger partial charge on any atom is -0.321 e. The van der Waals surface area contributed by atoms with Gasteiger partial charge in [0.1, 0.15) is 0 Å². The topological polar surface area (TPSA) is 72.2 Å². The van der Waals surface area contributed by atoms with Crippen molar-refractivity contribution in [3.63, 3.8) is 0 Å². The molecule has 10 heteroatoms. The van der Waals surface area contributed by atoms with Gasteiger partial charge in [-0.1, -0.05) is 116 Å². The maximum atomic E-state index is 12.8. The third-order valence-corrected chi connectivity index (χ3v) is 6.97. The van der Waals surface area contributed by atoms with E-state index in [-0.39, 0.29) is 25.0 Å². The van der Waals surface area contributed by atoms with Gasteiger partial charge in [-0.3, -0.25) is 0 Å². The van der Waals surface area contributed by atoms with Gasteiger partial charge in [-0.25, -0.2) is 8.42 Å². The Labute approximate surface area is 222 Å². The number of hydrogen-bond acceptors (Lipinski definition) is 3. The fourth-order valence-electron chi connectivity index (χ4n) is 3.08. The normalized spacial score (nSPS) is 14.2. The van der Waals surface area contributed by atoms with Crippen molar-refractivity contribution in [3.8, 4) is 0 Å². The maximum Gasteiger partial charge on any atom is 0.511 e. The number of halogens is 4. The summed E-state index contributed by atoms with van der Waals surface area (Å²) >= 11 is 6.32. The summed E-state index contributed by atoms with van der Waals surface area (Å²) in [5, 5.41) is 0. The van der Waals surface area contributed by atoms with E-state index in [9.17, 15) is 21.6 Å². The molecule has 2 atom stereocenters. The fraction of sp³-hybridized carbons (Fsp3) is 0.280. The first-order valence-corrected chi connectivity index (χ1v) is 12.4. The van der Waals surface area contributed by atoms with Gasteiger partial charge < -0.3 is 5.73 Å². The predicted molar refractivity (Wildman–Crippen MR) is 131 cm³/mol. The van der Waals surface area contributed by atoms with E-state index < -0.39 is 26.6 Å². The van der Waals surface area contributed by atoms with Crippen molar-refractivity contribution in [2.24, 2.45) is 5.73 Å². The van der Waals surface area contributed by atoms with Crippen LogP contribution in [0.5, 0.6) is 0 Å². The number of benzene rings is 3. The van der Waals surface area contributed by atoms with Crippen molar-refractivity contribution >= 4 is 21.6 Å². The molecule has 0 radical (unpaired) electrons. The van der Waals surface area contributed by atoms with Crippen molar-refractivity contribution in [3.05, 3.63) is 107 Å². The summed E-state index contributed by atoms with van der Waals surface area (Å²) in [6, 6.07) is 22.9. The van der Waals surface area contributed by atoms with E-state index >= 15 is 0 Å². The SMILES string of the molecule is Cc1ccc(C(C)C)cc1.N[C@H](c1ccccc1)[C@](Cl)(NS(=O)(=O)C(F)(F)F)c1ccccc1.[Ru]. The van der Waals surface area contributed by atoms with Gasteiger partial charge in [-0.15, -0.1) is 0 Å². The van der Waals surface area contributed by atoms with Gasteiger partial charge in [0.05, 0.1) is 6.04 Å². The van der Waals surface area contributed by atoms with E-state index in [1.807, 2.05) is 0 Å². The maximum absolute atomic E-state index is 12.8. The quantitative estimate of drug-likeness (QED) is 0.194. The Bertz CT molecular complexity index is 1150. The third-order valence-electron chi connectivity index (χ3n) is 5.11. The monoisotopic (exact) mass is 614 g/mol. The summed E-state index contributed by atoms with van der Waals surface area (Å²) in [6.45, 7) is 6.54. The molecular formula is C25H28ClF3N2O2RuS. The number of nitrogens with two attached hydrogens (primary N) is 1. The molecular weight excluding hydrogens is 586 g/mol. The molecule has 0 heterocycles. The van der Waals surface area contributed by atoms with E-state index in [1.54, 1.807) is 36.4 Å². The van der Waals surface area contributed by atoms with E-state index in [4.69, 9.17) is 17.3 Å². The van der Waals surface area contributed by atoms with E-state index in [1.165, 1.54) is 40.1 Å². The Kier molecular flexibility index (Phi) is 11.6. The number of sulfonamides is 1. The van der Waals surface area contributed by atoms with Crippen LogP contribution in [0.4, 0.5) is 13.2 Å². The van der Waals surface area contributed by atoms with Crippen molar-refractivity contribution in [1.82, 2.24) is 4.72 Å². The molecule has 3 rings (SSSR count). The first kappa shape index (κ1) is 31.3. The number of alkyl halides is 4. The molecule has 192 valence electrons. The molecule has 0 aliphatic heterocycles. The van der Waals surface area contributed by atoms with Crippen molar-refractivity contribution < 1.29 is 41.1 Å². The molecule has 0 amide bonds. The Morgan fingerprint density at radius 1 is 0.829 bits per heavy atom. The molecule has 0 spiro atoms. The summed E-state index contributed by atoms with van der Waals surface area (Å²) in [4.78, 5) is -2.21. The molecule has 0 unspecified atom stereocenters. The Hall–Kier alpha value is -1.77. The molecule has 0 fully saturated rings. The van der Waals surface area contributed by atoms with E-state index in [0.717, 1.165) is 0 Å². The largest absolute Gasteiger partial charge is 0.511 e.